The third-order valence-corrected chi connectivity index (χ3v) is 4.71. The molecule has 2 heterocycles. The van der Waals surface area contributed by atoms with Crippen LogP contribution in [0.3, 0.4) is 0 Å². The van der Waals surface area contributed by atoms with E-state index < -0.39 is 5.97 Å². The maximum Gasteiger partial charge on any atom is 0.328 e. The first kappa shape index (κ1) is 14.8. The van der Waals surface area contributed by atoms with Crippen molar-refractivity contribution in [1.82, 2.24) is 4.90 Å². The Morgan fingerprint density at radius 3 is 2.90 bits per heavy atom. The number of carbonyl (C=O) groups is 2. The number of hydrogen-bond donors (Lipinski definition) is 1. The van der Waals surface area contributed by atoms with Gasteiger partial charge in [0.2, 0.25) is 0 Å². The average Bonchev–Trinajstić information content (AvgIpc) is 3.01. The molecule has 1 amide bonds. The van der Waals surface area contributed by atoms with Crippen LogP contribution in [0.1, 0.15) is 48.3 Å². The fourth-order valence-corrected chi connectivity index (χ4v) is 3.57. The van der Waals surface area contributed by atoms with Crippen molar-refractivity contribution in [3.05, 3.63) is 28.0 Å². The molecule has 1 aliphatic heterocycles. The molecular formula is C15H19NO3S. The van der Waals surface area contributed by atoms with Gasteiger partial charge in [-0.25, -0.2) is 4.79 Å². The Bertz CT molecular complexity index is 535. The van der Waals surface area contributed by atoms with E-state index in [9.17, 15) is 9.59 Å². The van der Waals surface area contributed by atoms with Gasteiger partial charge in [-0.1, -0.05) is 6.92 Å². The van der Waals surface area contributed by atoms with Gasteiger partial charge in [-0.2, -0.15) is 0 Å². The average molecular weight is 293 g/mol. The third kappa shape index (κ3) is 2.93. The van der Waals surface area contributed by atoms with Crippen LogP contribution in [0.15, 0.2) is 17.5 Å². The minimum atomic E-state index is -1.00. The highest BCUT2D eigenvalue weighted by atomic mass is 32.1. The summed E-state index contributed by atoms with van der Waals surface area (Å²) in [6.07, 6.45) is 5.62. The predicted molar refractivity (Wildman–Crippen MR) is 79.9 cm³/mol. The molecule has 2 rings (SSSR count). The molecule has 4 nitrogen and oxygen atoms in total. The summed E-state index contributed by atoms with van der Waals surface area (Å²) in [6.45, 7) is 4.18. The largest absolute Gasteiger partial charge is 0.478 e. The minimum absolute atomic E-state index is 0.0295. The molecule has 0 radical (unpaired) electrons. The van der Waals surface area contributed by atoms with E-state index in [1.807, 2.05) is 10.3 Å². The second-order valence-corrected chi connectivity index (χ2v) is 5.99. The van der Waals surface area contributed by atoms with Crippen LogP contribution in [0, 0.1) is 0 Å². The molecule has 1 fully saturated rings. The molecule has 1 saturated heterocycles. The number of carbonyl (C=O) groups excluding carboxylic acids is 1. The van der Waals surface area contributed by atoms with Crippen molar-refractivity contribution in [1.29, 1.82) is 0 Å². The first-order valence-corrected chi connectivity index (χ1v) is 7.73. The van der Waals surface area contributed by atoms with E-state index in [1.165, 1.54) is 17.4 Å². The zero-order valence-corrected chi connectivity index (χ0v) is 12.5. The van der Waals surface area contributed by atoms with Crippen molar-refractivity contribution >= 4 is 29.3 Å². The molecule has 1 aromatic rings. The molecule has 1 N–H and O–H groups in total. The number of nitrogens with zero attached hydrogens (tertiary/aromatic N) is 1. The van der Waals surface area contributed by atoms with E-state index in [0.717, 1.165) is 25.3 Å². The lowest BCUT2D eigenvalue weighted by atomic mass is 10.1. The number of carboxylic acid groups (broad SMARTS) is 1. The summed E-state index contributed by atoms with van der Waals surface area (Å²) >= 11 is 1.38. The fraction of sp³-hybridized carbons (Fsp3) is 0.467. The number of rotatable bonds is 4. The maximum atomic E-state index is 12.7. The molecule has 1 aromatic heterocycles. The Labute approximate surface area is 122 Å². The van der Waals surface area contributed by atoms with Crippen LogP contribution in [-0.4, -0.2) is 34.0 Å². The third-order valence-electron chi connectivity index (χ3n) is 3.79. The van der Waals surface area contributed by atoms with Gasteiger partial charge in [0.05, 0.1) is 4.88 Å². The van der Waals surface area contributed by atoms with Gasteiger partial charge < -0.3 is 10.0 Å². The molecule has 0 aliphatic carbocycles. The summed E-state index contributed by atoms with van der Waals surface area (Å²) in [5.74, 6) is -0.975. The van der Waals surface area contributed by atoms with Crippen molar-refractivity contribution in [2.75, 3.05) is 0 Å². The quantitative estimate of drug-likeness (QED) is 0.867. The molecule has 20 heavy (non-hydrogen) atoms. The predicted octanol–water partition coefficient (Wildman–Crippen LogP) is 3.25. The molecular weight excluding hydrogens is 274 g/mol. The summed E-state index contributed by atoms with van der Waals surface area (Å²) in [6, 6.07) is 2.35. The number of likely N-dealkylation sites (tertiary alicyclic amines) is 1. The van der Waals surface area contributed by atoms with Crippen LogP contribution >= 0.6 is 11.3 Å². The fourth-order valence-electron chi connectivity index (χ4n) is 2.74. The second kappa shape index (κ2) is 6.22. The zero-order chi connectivity index (χ0) is 14.7. The first-order chi connectivity index (χ1) is 9.54. The lowest BCUT2D eigenvalue weighted by Gasteiger charge is -2.27. The van der Waals surface area contributed by atoms with Gasteiger partial charge in [0.25, 0.3) is 5.91 Å². The molecule has 0 spiro atoms. The van der Waals surface area contributed by atoms with Crippen LogP contribution in [0.5, 0.6) is 0 Å². The molecule has 0 bridgehead atoms. The number of hydrogen-bond acceptors (Lipinski definition) is 3. The Balaban J connectivity index is 2.25. The zero-order valence-electron chi connectivity index (χ0n) is 11.7. The van der Waals surface area contributed by atoms with Crippen LogP contribution in [-0.2, 0) is 4.79 Å². The van der Waals surface area contributed by atoms with Crippen LogP contribution in [0.4, 0.5) is 0 Å². The standard InChI is InChI=1S/C15H19NO3S/c1-3-12-6-4-10(2)16(12)15(19)14-11(8-9-20-14)5-7-13(17)18/h5,7-10,12H,3-4,6H2,1-2H3,(H,17,18)/b7-5+. The van der Waals surface area contributed by atoms with Crippen LogP contribution in [0.2, 0.25) is 0 Å². The van der Waals surface area contributed by atoms with Crippen molar-refractivity contribution in [2.45, 2.75) is 45.2 Å². The monoisotopic (exact) mass is 293 g/mol. The summed E-state index contributed by atoms with van der Waals surface area (Å²) in [4.78, 5) is 25.9. The van der Waals surface area contributed by atoms with Gasteiger partial charge in [0.15, 0.2) is 0 Å². The molecule has 2 unspecified atom stereocenters. The topological polar surface area (TPSA) is 57.6 Å². The Morgan fingerprint density at radius 2 is 2.25 bits per heavy atom. The minimum Gasteiger partial charge on any atom is -0.478 e. The van der Waals surface area contributed by atoms with Crippen LogP contribution < -0.4 is 0 Å². The lowest BCUT2D eigenvalue weighted by Crippen LogP contribution is -2.39. The molecule has 5 heteroatoms. The highest BCUT2D eigenvalue weighted by Crippen LogP contribution is 2.30. The van der Waals surface area contributed by atoms with Gasteiger partial charge >= 0.3 is 5.97 Å². The number of aliphatic carboxylic acids is 1. The van der Waals surface area contributed by atoms with Crippen LogP contribution in [0.25, 0.3) is 6.08 Å². The SMILES string of the molecule is CCC1CCC(C)N1C(=O)c1sccc1/C=C/C(=O)O. The molecule has 0 aromatic carbocycles. The van der Waals surface area contributed by atoms with E-state index in [1.54, 1.807) is 6.07 Å². The molecule has 1 aliphatic rings. The normalized spacial score (nSPS) is 22.6. The van der Waals surface area contributed by atoms with Gasteiger partial charge in [0.1, 0.15) is 0 Å². The lowest BCUT2D eigenvalue weighted by molar-refractivity contribution is -0.131. The van der Waals surface area contributed by atoms with Gasteiger partial charge in [0, 0.05) is 18.2 Å². The molecule has 0 saturated carbocycles. The van der Waals surface area contributed by atoms with Crippen molar-refractivity contribution in [3.8, 4) is 0 Å². The number of carboxylic acids is 1. The van der Waals surface area contributed by atoms with Gasteiger partial charge in [-0.05, 0) is 49.3 Å². The summed E-state index contributed by atoms with van der Waals surface area (Å²) in [5.41, 5.74) is 0.691. The summed E-state index contributed by atoms with van der Waals surface area (Å²) in [5, 5.41) is 10.5. The van der Waals surface area contributed by atoms with Crippen molar-refractivity contribution in [2.24, 2.45) is 0 Å². The second-order valence-electron chi connectivity index (χ2n) is 5.08. The van der Waals surface area contributed by atoms with Gasteiger partial charge in [-0.3, -0.25) is 4.79 Å². The Morgan fingerprint density at radius 1 is 1.50 bits per heavy atom. The molecule has 2 atom stereocenters. The number of amides is 1. The number of thiophene rings is 1. The smallest absolute Gasteiger partial charge is 0.328 e. The van der Waals surface area contributed by atoms with E-state index in [4.69, 9.17) is 5.11 Å². The summed E-state index contributed by atoms with van der Waals surface area (Å²) < 4.78 is 0. The van der Waals surface area contributed by atoms with E-state index in [2.05, 4.69) is 13.8 Å². The Hall–Kier alpha value is -1.62. The maximum absolute atomic E-state index is 12.7. The Kier molecular flexibility index (Phi) is 4.60. The first-order valence-electron chi connectivity index (χ1n) is 6.85. The van der Waals surface area contributed by atoms with Gasteiger partial charge in [-0.15, -0.1) is 11.3 Å². The van der Waals surface area contributed by atoms with E-state index in [-0.39, 0.29) is 11.9 Å². The van der Waals surface area contributed by atoms with E-state index in [0.29, 0.717) is 16.5 Å². The summed E-state index contributed by atoms with van der Waals surface area (Å²) in [7, 11) is 0. The molecule has 108 valence electrons. The van der Waals surface area contributed by atoms with E-state index >= 15 is 0 Å². The highest BCUT2D eigenvalue weighted by molar-refractivity contribution is 7.12. The van der Waals surface area contributed by atoms with Crippen molar-refractivity contribution in [3.63, 3.8) is 0 Å². The van der Waals surface area contributed by atoms with Crippen molar-refractivity contribution < 1.29 is 14.7 Å². The highest BCUT2D eigenvalue weighted by Gasteiger charge is 2.34.